The summed E-state index contributed by atoms with van der Waals surface area (Å²) in [4.78, 5) is 17.4. The molecule has 0 aliphatic carbocycles. The van der Waals surface area contributed by atoms with Gasteiger partial charge in [0.25, 0.3) is 5.56 Å². The Kier molecular flexibility index (Phi) is 6.73. The first-order chi connectivity index (χ1) is 13.5. The van der Waals surface area contributed by atoms with Crippen LogP contribution in [0.5, 0.6) is 5.88 Å². The van der Waals surface area contributed by atoms with Crippen LogP contribution in [-0.2, 0) is 17.7 Å². The molecule has 6 nitrogen and oxygen atoms in total. The van der Waals surface area contributed by atoms with Gasteiger partial charge in [-0.3, -0.25) is 14.3 Å². The highest BCUT2D eigenvalue weighted by Gasteiger charge is 2.58. The minimum Gasteiger partial charge on any atom is -0.472 e. The molecule has 0 saturated carbocycles. The maximum absolute atomic E-state index is 13.1. The molecule has 156 valence electrons. The summed E-state index contributed by atoms with van der Waals surface area (Å²) in [5.41, 5.74) is -0.407. The summed E-state index contributed by atoms with van der Waals surface area (Å²) < 4.78 is 72.1. The lowest BCUT2D eigenvalue weighted by atomic mass is 10.2. The Hall–Kier alpha value is -2.81. The zero-order valence-corrected chi connectivity index (χ0v) is 16.0. The van der Waals surface area contributed by atoms with Gasteiger partial charge in [-0.25, -0.2) is 0 Å². The molecule has 2 heterocycles. The summed E-state index contributed by atoms with van der Waals surface area (Å²) in [6.07, 6.45) is -2.62. The van der Waals surface area contributed by atoms with Crippen LogP contribution in [0.3, 0.4) is 0 Å². The van der Waals surface area contributed by atoms with Crippen LogP contribution in [0.2, 0.25) is 0 Å². The van der Waals surface area contributed by atoms with E-state index in [1.165, 1.54) is 19.3 Å². The van der Waals surface area contributed by atoms with E-state index in [-0.39, 0.29) is 11.3 Å². The highest BCUT2D eigenvalue weighted by Crippen LogP contribution is 2.35. The fourth-order valence-corrected chi connectivity index (χ4v) is 3.55. The highest BCUT2D eigenvalue weighted by atomic mass is 32.2. The molecule has 0 bridgehead atoms. The Labute approximate surface area is 164 Å². The number of rotatable bonds is 6. The fraction of sp³-hybridized carbons (Fsp3) is 0.353. The Bertz CT molecular complexity index is 1030. The van der Waals surface area contributed by atoms with Crippen LogP contribution in [0, 0.1) is 11.5 Å². The molecule has 0 saturated heterocycles. The molecule has 0 spiro atoms. The zero-order chi connectivity index (χ0) is 21.8. The van der Waals surface area contributed by atoms with E-state index >= 15 is 0 Å². The summed E-state index contributed by atoms with van der Waals surface area (Å²) in [7, 11) is 0.321. The van der Waals surface area contributed by atoms with Crippen LogP contribution in [0.25, 0.3) is 11.3 Å². The van der Waals surface area contributed by atoms with Crippen molar-refractivity contribution in [1.29, 1.82) is 5.26 Å². The van der Waals surface area contributed by atoms with Crippen LogP contribution in [0.1, 0.15) is 6.92 Å². The quantitative estimate of drug-likeness (QED) is 0.513. The Morgan fingerprint density at radius 3 is 2.55 bits per heavy atom. The molecule has 2 aromatic heterocycles. The van der Waals surface area contributed by atoms with Crippen molar-refractivity contribution in [3.8, 4) is 23.3 Å². The van der Waals surface area contributed by atoms with Crippen LogP contribution < -0.4 is 10.3 Å². The number of aromatic nitrogens is 2. The SMILES string of the molecule is CCS(=NC#N)c1cccnc1-c1ccc(OCC(F)(F)C(F)(F)F)n(C)c1=O. The van der Waals surface area contributed by atoms with E-state index in [1.54, 1.807) is 25.2 Å². The predicted molar refractivity (Wildman–Crippen MR) is 95.6 cm³/mol. The number of halogens is 5. The molecule has 0 aromatic carbocycles. The average Bonchev–Trinajstić information content (AvgIpc) is 2.66. The van der Waals surface area contributed by atoms with Crippen molar-refractivity contribution >= 4 is 10.7 Å². The molecule has 2 rings (SSSR count). The van der Waals surface area contributed by atoms with Crippen molar-refractivity contribution in [2.45, 2.75) is 23.9 Å². The minimum atomic E-state index is -5.77. The van der Waals surface area contributed by atoms with E-state index in [1.807, 2.05) is 0 Å². The number of nitrogens with zero attached hydrogens (tertiary/aromatic N) is 4. The maximum atomic E-state index is 13.1. The Morgan fingerprint density at radius 2 is 1.97 bits per heavy atom. The number of ether oxygens (including phenoxy) is 1. The van der Waals surface area contributed by atoms with Crippen LogP contribution in [0.4, 0.5) is 22.0 Å². The van der Waals surface area contributed by atoms with Gasteiger partial charge in [-0.1, -0.05) is 6.92 Å². The molecule has 0 amide bonds. The summed E-state index contributed by atoms with van der Waals surface area (Å²) in [5, 5.41) is 8.85. The molecule has 0 fully saturated rings. The lowest BCUT2D eigenvalue weighted by Crippen LogP contribution is -2.42. The zero-order valence-electron chi connectivity index (χ0n) is 15.2. The second kappa shape index (κ2) is 8.69. The molecule has 0 radical (unpaired) electrons. The lowest BCUT2D eigenvalue weighted by molar-refractivity contribution is -0.290. The van der Waals surface area contributed by atoms with E-state index in [2.05, 4.69) is 14.1 Å². The molecule has 12 heteroatoms. The average molecular weight is 434 g/mol. The number of alkyl halides is 5. The van der Waals surface area contributed by atoms with E-state index in [0.717, 1.165) is 10.6 Å². The highest BCUT2D eigenvalue weighted by molar-refractivity contribution is 7.87. The van der Waals surface area contributed by atoms with Gasteiger partial charge in [-0.05, 0) is 35.0 Å². The second-order valence-corrected chi connectivity index (χ2v) is 7.56. The third-order valence-corrected chi connectivity index (χ3v) is 5.46. The fourth-order valence-electron chi connectivity index (χ4n) is 2.29. The first-order valence-electron chi connectivity index (χ1n) is 8.07. The van der Waals surface area contributed by atoms with Crippen molar-refractivity contribution in [3.05, 3.63) is 40.8 Å². The lowest BCUT2D eigenvalue weighted by Gasteiger charge is -2.20. The molecule has 2 aromatic rings. The van der Waals surface area contributed by atoms with Crippen molar-refractivity contribution in [2.24, 2.45) is 11.4 Å². The molecule has 1 unspecified atom stereocenters. The minimum absolute atomic E-state index is 0.0668. The molecule has 1 atom stereocenters. The molecule has 0 aliphatic heterocycles. The largest absolute Gasteiger partial charge is 0.472 e. The van der Waals surface area contributed by atoms with Gasteiger partial charge in [-0.2, -0.15) is 27.2 Å². The Balaban J connectivity index is 2.46. The Morgan fingerprint density at radius 1 is 1.28 bits per heavy atom. The van der Waals surface area contributed by atoms with Crippen molar-refractivity contribution < 1.29 is 26.7 Å². The maximum Gasteiger partial charge on any atom is 0.456 e. The number of pyridine rings is 2. The first-order valence-corrected chi connectivity index (χ1v) is 9.42. The molecular formula is C17H15F5N4O2S. The summed E-state index contributed by atoms with van der Waals surface area (Å²) >= 11 is 0. The third kappa shape index (κ3) is 4.79. The van der Waals surface area contributed by atoms with Crippen molar-refractivity contribution in [3.63, 3.8) is 0 Å². The molecule has 0 aliphatic rings. The van der Waals surface area contributed by atoms with Gasteiger partial charge in [0.15, 0.2) is 12.5 Å². The van der Waals surface area contributed by atoms with Crippen LogP contribution in [-0.4, -0.2) is 34.0 Å². The van der Waals surface area contributed by atoms with E-state index in [9.17, 15) is 26.7 Å². The molecule has 0 N–H and O–H groups in total. The van der Waals surface area contributed by atoms with Gasteiger partial charge in [-0.15, -0.1) is 4.36 Å². The third-order valence-electron chi connectivity index (χ3n) is 3.78. The van der Waals surface area contributed by atoms with E-state index in [4.69, 9.17) is 5.26 Å². The molecular weight excluding hydrogens is 419 g/mol. The number of hydrogen-bond donors (Lipinski definition) is 0. The summed E-state index contributed by atoms with van der Waals surface area (Å²) in [6.45, 7) is -0.158. The van der Waals surface area contributed by atoms with Gasteiger partial charge >= 0.3 is 12.1 Å². The first kappa shape index (κ1) is 22.5. The van der Waals surface area contributed by atoms with Gasteiger partial charge in [0, 0.05) is 23.9 Å². The number of nitriles is 1. The van der Waals surface area contributed by atoms with Crippen molar-refractivity contribution in [1.82, 2.24) is 9.55 Å². The number of hydrogen-bond acceptors (Lipinski definition) is 5. The standard InChI is InChI=1S/C17H15F5N4O2S/c1-3-29(25-10-23)12-5-4-8-24-14(12)11-6-7-13(26(2)15(11)27)28-9-16(18,19)17(20,21)22/h4-8H,3,9H2,1-2H3. The van der Waals surface area contributed by atoms with Gasteiger partial charge in [0.2, 0.25) is 6.19 Å². The predicted octanol–water partition coefficient (Wildman–Crippen LogP) is 3.69. The van der Waals surface area contributed by atoms with Gasteiger partial charge in [0.05, 0.1) is 11.3 Å². The topological polar surface area (TPSA) is 80.3 Å². The second-order valence-electron chi connectivity index (χ2n) is 5.64. The van der Waals surface area contributed by atoms with Crippen LogP contribution in [0.15, 0.2) is 44.5 Å². The normalized spacial score (nSPS) is 13.2. The molecule has 29 heavy (non-hydrogen) atoms. The summed E-state index contributed by atoms with van der Waals surface area (Å²) in [6, 6.07) is 5.60. The van der Waals surface area contributed by atoms with Crippen molar-refractivity contribution in [2.75, 3.05) is 12.4 Å². The monoisotopic (exact) mass is 434 g/mol. The van der Waals surface area contributed by atoms with Crippen LogP contribution >= 0.6 is 0 Å². The van der Waals surface area contributed by atoms with E-state index in [0.29, 0.717) is 10.6 Å². The summed E-state index contributed by atoms with van der Waals surface area (Å²) in [5.74, 6) is -5.04. The smallest absolute Gasteiger partial charge is 0.456 e. The van der Waals surface area contributed by atoms with E-state index < -0.39 is 40.8 Å². The van der Waals surface area contributed by atoms with Gasteiger partial charge in [0.1, 0.15) is 0 Å². The van der Waals surface area contributed by atoms with Gasteiger partial charge < -0.3 is 4.74 Å².